The largest absolute Gasteiger partial charge is 0.444 e. The summed E-state index contributed by atoms with van der Waals surface area (Å²) >= 11 is 1.62. The number of hydrogen-bond donors (Lipinski definition) is 1. The van der Waals surface area contributed by atoms with Crippen molar-refractivity contribution in [1.29, 1.82) is 0 Å². The Balaban J connectivity index is 0.00000163. The zero-order chi connectivity index (χ0) is 19.7. The lowest BCUT2D eigenvalue weighted by atomic mass is 10.0. The molecule has 26 heavy (non-hydrogen) atoms. The molecule has 0 fully saturated rings. The van der Waals surface area contributed by atoms with Crippen molar-refractivity contribution in [3.05, 3.63) is 41.0 Å². The van der Waals surface area contributed by atoms with Gasteiger partial charge in [0.1, 0.15) is 5.60 Å². The van der Waals surface area contributed by atoms with E-state index in [0.717, 1.165) is 21.7 Å². The van der Waals surface area contributed by atoms with E-state index in [1.807, 2.05) is 71.3 Å². The van der Waals surface area contributed by atoms with Crippen molar-refractivity contribution in [1.82, 2.24) is 10.3 Å². The van der Waals surface area contributed by atoms with Crippen LogP contribution in [0.4, 0.5) is 4.79 Å². The zero-order valence-corrected chi connectivity index (χ0v) is 17.6. The van der Waals surface area contributed by atoms with Crippen LogP contribution in [-0.2, 0) is 9.47 Å². The average Bonchev–Trinajstić information content (AvgIpc) is 3.01. The highest BCUT2D eigenvalue weighted by molar-refractivity contribution is 7.13. The minimum Gasteiger partial charge on any atom is -0.444 e. The zero-order valence-electron chi connectivity index (χ0n) is 16.8. The van der Waals surface area contributed by atoms with Crippen LogP contribution in [0, 0.1) is 6.92 Å². The number of aryl methyl sites for hydroxylation is 1. The second kappa shape index (κ2) is 10.3. The van der Waals surface area contributed by atoms with E-state index < -0.39 is 11.7 Å². The second-order valence-corrected chi connectivity index (χ2v) is 7.40. The van der Waals surface area contributed by atoms with Gasteiger partial charge in [-0.1, -0.05) is 38.1 Å². The molecule has 1 aromatic heterocycles. The van der Waals surface area contributed by atoms with Gasteiger partial charge in [0.05, 0.1) is 28.7 Å². The van der Waals surface area contributed by atoms with Crippen LogP contribution < -0.4 is 5.32 Å². The average molecular weight is 379 g/mol. The fourth-order valence-electron chi connectivity index (χ4n) is 2.28. The van der Waals surface area contributed by atoms with E-state index in [0.29, 0.717) is 6.61 Å². The van der Waals surface area contributed by atoms with E-state index in [4.69, 9.17) is 9.47 Å². The van der Waals surface area contributed by atoms with Gasteiger partial charge in [-0.15, -0.1) is 11.3 Å². The molecule has 1 N–H and O–H groups in total. The lowest BCUT2D eigenvalue weighted by Crippen LogP contribution is -2.36. The van der Waals surface area contributed by atoms with Gasteiger partial charge in [0.15, 0.2) is 0 Å². The third-order valence-electron chi connectivity index (χ3n) is 3.35. The number of amides is 1. The van der Waals surface area contributed by atoms with Crippen LogP contribution in [0.15, 0.2) is 29.8 Å². The van der Waals surface area contributed by atoms with Gasteiger partial charge in [-0.3, -0.25) is 0 Å². The molecular formula is C20H30N2O3S. The van der Waals surface area contributed by atoms with Gasteiger partial charge < -0.3 is 14.8 Å². The number of hydrogen-bond acceptors (Lipinski definition) is 5. The number of nitrogens with one attached hydrogen (secondary N) is 1. The minimum atomic E-state index is -0.532. The Bertz CT molecular complexity index is 675. The number of rotatable bonds is 5. The smallest absolute Gasteiger partial charge is 0.408 e. The van der Waals surface area contributed by atoms with Crippen molar-refractivity contribution < 1.29 is 14.3 Å². The molecule has 2 aromatic rings. The van der Waals surface area contributed by atoms with Crippen LogP contribution in [0.25, 0.3) is 10.4 Å². The molecule has 0 saturated heterocycles. The van der Waals surface area contributed by atoms with Gasteiger partial charge >= 0.3 is 6.09 Å². The van der Waals surface area contributed by atoms with Crippen molar-refractivity contribution in [3.8, 4) is 10.4 Å². The summed E-state index contributed by atoms with van der Waals surface area (Å²) in [6.45, 7) is 11.9. The van der Waals surface area contributed by atoms with Crippen LogP contribution in [0.1, 0.15) is 51.9 Å². The number of nitrogens with zero attached hydrogens (tertiary/aromatic N) is 1. The SMILES string of the molecule is CC.COCC(NC(=O)OC(C)(C)C)c1ccc(-c2scnc2C)cc1. The van der Waals surface area contributed by atoms with Crippen LogP contribution in [0.5, 0.6) is 0 Å². The van der Waals surface area contributed by atoms with E-state index in [1.54, 1.807) is 18.4 Å². The highest BCUT2D eigenvalue weighted by atomic mass is 32.1. The molecule has 1 unspecified atom stereocenters. The molecule has 0 radical (unpaired) electrons. The number of thiazole rings is 1. The van der Waals surface area contributed by atoms with Crippen LogP contribution >= 0.6 is 11.3 Å². The maximum absolute atomic E-state index is 12.0. The Morgan fingerprint density at radius 3 is 2.31 bits per heavy atom. The summed E-state index contributed by atoms with van der Waals surface area (Å²) < 4.78 is 10.6. The molecule has 2 rings (SSSR count). The molecule has 0 spiro atoms. The standard InChI is InChI=1S/C18H24N2O3S.C2H6/c1-12-16(24-11-19-12)14-8-6-13(7-9-14)15(10-22-5)20-17(21)23-18(2,3)4;1-2/h6-9,11,15H,10H2,1-5H3,(H,20,21);1-2H3. The first-order valence-corrected chi connectivity index (χ1v) is 9.67. The first-order chi connectivity index (χ1) is 12.3. The number of benzene rings is 1. The predicted octanol–water partition coefficient (Wildman–Crippen LogP) is 5.36. The molecule has 0 bridgehead atoms. The van der Waals surface area contributed by atoms with Gasteiger partial charge in [0.2, 0.25) is 0 Å². The van der Waals surface area contributed by atoms with Crippen molar-refractivity contribution >= 4 is 17.4 Å². The van der Waals surface area contributed by atoms with Gasteiger partial charge in [0.25, 0.3) is 0 Å². The topological polar surface area (TPSA) is 60.5 Å². The Labute approximate surface area is 160 Å². The molecule has 0 aliphatic rings. The Morgan fingerprint density at radius 2 is 1.85 bits per heavy atom. The molecule has 1 aromatic carbocycles. The van der Waals surface area contributed by atoms with Gasteiger partial charge in [0, 0.05) is 7.11 Å². The minimum absolute atomic E-state index is 0.263. The maximum Gasteiger partial charge on any atom is 0.408 e. The van der Waals surface area contributed by atoms with Gasteiger partial charge in [-0.25, -0.2) is 9.78 Å². The molecule has 0 saturated carbocycles. The third-order valence-corrected chi connectivity index (χ3v) is 4.32. The number of ether oxygens (including phenoxy) is 2. The van der Waals surface area contributed by atoms with Crippen LogP contribution in [0.2, 0.25) is 0 Å². The number of carbonyl (C=O) groups excluding carboxylic acids is 1. The predicted molar refractivity (Wildman–Crippen MR) is 108 cm³/mol. The summed E-state index contributed by atoms with van der Waals surface area (Å²) in [6.07, 6.45) is -0.452. The van der Waals surface area contributed by atoms with Crippen LogP contribution in [-0.4, -0.2) is 30.4 Å². The van der Waals surface area contributed by atoms with Crippen molar-refractivity contribution in [2.24, 2.45) is 0 Å². The lowest BCUT2D eigenvalue weighted by Gasteiger charge is -2.23. The van der Waals surface area contributed by atoms with Crippen LogP contribution in [0.3, 0.4) is 0 Å². The molecule has 0 aliphatic heterocycles. The van der Waals surface area contributed by atoms with E-state index in [1.165, 1.54) is 0 Å². The monoisotopic (exact) mass is 378 g/mol. The molecule has 1 amide bonds. The van der Waals surface area contributed by atoms with Gasteiger partial charge in [-0.05, 0) is 38.8 Å². The van der Waals surface area contributed by atoms with Crippen molar-refractivity contribution in [3.63, 3.8) is 0 Å². The molecule has 1 heterocycles. The third kappa shape index (κ3) is 6.77. The summed E-state index contributed by atoms with van der Waals surface area (Å²) in [7, 11) is 1.61. The Hall–Kier alpha value is -1.92. The molecule has 5 nitrogen and oxygen atoms in total. The molecular weight excluding hydrogens is 348 g/mol. The highest BCUT2D eigenvalue weighted by Gasteiger charge is 2.20. The first-order valence-electron chi connectivity index (χ1n) is 8.79. The fourth-order valence-corrected chi connectivity index (χ4v) is 3.10. The Morgan fingerprint density at radius 1 is 1.23 bits per heavy atom. The summed E-state index contributed by atoms with van der Waals surface area (Å²) in [6, 6.07) is 7.80. The Kier molecular flexibility index (Phi) is 8.75. The lowest BCUT2D eigenvalue weighted by molar-refractivity contribution is 0.0468. The van der Waals surface area contributed by atoms with E-state index >= 15 is 0 Å². The first kappa shape index (κ1) is 22.1. The van der Waals surface area contributed by atoms with Crippen molar-refractivity contribution in [2.75, 3.05) is 13.7 Å². The van der Waals surface area contributed by atoms with E-state index in [2.05, 4.69) is 10.3 Å². The summed E-state index contributed by atoms with van der Waals surface area (Å²) in [4.78, 5) is 17.5. The second-order valence-electron chi connectivity index (χ2n) is 6.54. The normalized spacial score (nSPS) is 12.0. The number of alkyl carbamates (subject to hydrolysis) is 1. The molecule has 144 valence electrons. The van der Waals surface area contributed by atoms with Crippen molar-refractivity contribution in [2.45, 2.75) is 53.2 Å². The quantitative estimate of drug-likeness (QED) is 0.761. The number of aromatic nitrogens is 1. The van der Waals surface area contributed by atoms with Gasteiger partial charge in [-0.2, -0.15) is 0 Å². The van der Waals surface area contributed by atoms with E-state index in [-0.39, 0.29) is 6.04 Å². The fraction of sp³-hybridized carbons (Fsp3) is 0.500. The summed E-state index contributed by atoms with van der Waals surface area (Å²) in [5.41, 5.74) is 4.42. The molecule has 0 aliphatic carbocycles. The summed E-state index contributed by atoms with van der Waals surface area (Å²) in [5.74, 6) is 0. The summed E-state index contributed by atoms with van der Waals surface area (Å²) in [5, 5.41) is 2.86. The maximum atomic E-state index is 12.0. The molecule has 6 heteroatoms. The number of methoxy groups -OCH3 is 1. The molecule has 1 atom stereocenters. The van der Waals surface area contributed by atoms with E-state index in [9.17, 15) is 4.79 Å². The number of carbonyl (C=O) groups is 1. The highest BCUT2D eigenvalue weighted by Crippen LogP contribution is 2.28.